The Kier molecular flexibility index (Phi) is 4.86. The van der Waals surface area contributed by atoms with Crippen molar-refractivity contribution in [2.24, 2.45) is 11.7 Å². The van der Waals surface area contributed by atoms with Crippen LogP contribution >= 0.6 is 0 Å². The van der Waals surface area contributed by atoms with Gasteiger partial charge < -0.3 is 10.8 Å². The quantitative estimate of drug-likeness (QED) is 0.634. The number of hydrogen-bond donors (Lipinski definition) is 2. The first-order valence-electron chi connectivity index (χ1n) is 4.06. The van der Waals surface area contributed by atoms with E-state index in [0.717, 1.165) is 12.8 Å². The highest BCUT2D eigenvalue weighted by molar-refractivity contribution is 5.72. The molecule has 0 unspecified atom stereocenters. The van der Waals surface area contributed by atoms with Gasteiger partial charge in [0.1, 0.15) is 6.04 Å². The largest absolute Gasteiger partial charge is 0.480 e. The van der Waals surface area contributed by atoms with Gasteiger partial charge in [0.05, 0.1) is 0 Å². The molecule has 0 spiro atoms. The van der Waals surface area contributed by atoms with Crippen LogP contribution in [0.3, 0.4) is 0 Å². The number of carboxylic acid groups (broad SMARTS) is 1. The number of carbonyl (C=O) groups is 1. The number of nitrogens with two attached hydrogens (primary N) is 1. The van der Waals surface area contributed by atoms with Gasteiger partial charge in [0.15, 0.2) is 0 Å². The summed E-state index contributed by atoms with van der Waals surface area (Å²) in [5.41, 5.74) is 5.35. The van der Waals surface area contributed by atoms with Crippen LogP contribution in [0.15, 0.2) is 0 Å². The number of hydrogen-bond acceptors (Lipinski definition) is 2. The molecule has 3 heteroatoms. The lowest BCUT2D eigenvalue weighted by Gasteiger charge is -2.12. The summed E-state index contributed by atoms with van der Waals surface area (Å²) in [5.74, 6) is -0.473. The van der Waals surface area contributed by atoms with E-state index in [1.165, 1.54) is 0 Å². The summed E-state index contributed by atoms with van der Waals surface area (Å²) in [6.07, 6.45) is 2.73. The molecule has 0 amide bonds. The van der Waals surface area contributed by atoms with Gasteiger partial charge in [-0.25, -0.2) is 0 Å². The summed E-state index contributed by atoms with van der Waals surface area (Å²) in [7, 11) is 0. The molecule has 0 aliphatic rings. The van der Waals surface area contributed by atoms with E-state index in [9.17, 15) is 4.79 Å². The van der Waals surface area contributed by atoms with Crippen molar-refractivity contribution in [1.82, 2.24) is 0 Å². The number of carboxylic acids is 1. The maximum absolute atomic E-state index is 10.3. The van der Waals surface area contributed by atoms with Crippen LogP contribution in [-0.2, 0) is 4.79 Å². The van der Waals surface area contributed by atoms with Crippen LogP contribution in [-0.4, -0.2) is 17.1 Å². The molecule has 11 heavy (non-hydrogen) atoms. The van der Waals surface area contributed by atoms with Gasteiger partial charge in [-0.05, 0) is 12.3 Å². The van der Waals surface area contributed by atoms with Crippen molar-refractivity contribution in [2.45, 2.75) is 39.2 Å². The maximum atomic E-state index is 10.3. The van der Waals surface area contributed by atoms with Gasteiger partial charge in [-0.1, -0.05) is 26.7 Å². The number of rotatable bonds is 5. The fraction of sp³-hybridized carbons (Fsp3) is 0.875. The van der Waals surface area contributed by atoms with E-state index in [4.69, 9.17) is 10.8 Å². The zero-order valence-corrected chi connectivity index (χ0v) is 7.21. The summed E-state index contributed by atoms with van der Waals surface area (Å²) < 4.78 is 0. The molecule has 0 saturated carbocycles. The molecule has 3 N–H and O–H groups in total. The van der Waals surface area contributed by atoms with Gasteiger partial charge >= 0.3 is 5.97 Å². The zero-order chi connectivity index (χ0) is 8.85. The highest BCUT2D eigenvalue weighted by Crippen LogP contribution is 2.11. The van der Waals surface area contributed by atoms with E-state index in [-0.39, 0.29) is 0 Å². The van der Waals surface area contributed by atoms with Gasteiger partial charge in [-0.3, -0.25) is 4.79 Å². The fourth-order valence-corrected chi connectivity index (χ4v) is 1.14. The molecule has 0 aromatic carbocycles. The van der Waals surface area contributed by atoms with Gasteiger partial charge in [0.25, 0.3) is 0 Å². The van der Waals surface area contributed by atoms with Crippen molar-refractivity contribution in [3.8, 4) is 0 Å². The van der Waals surface area contributed by atoms with Crippen molar-refractivity contribution in [2.75, 3.05) is 0 Å². The van der Waals surface area contributed by atoms with Crippen LogP contribution in [0.1, 0.15) is 33.1 Å². The Labute approximate surface area is 67.6 Å². The lowest BCUT2D eigenvalue weighted by Crippen LogP contribution is -2.31. The second-order valence-corrected chi connectivity index (χ2v) is 3.07. The van der Waals surface area contributed by atoms with Crippen LogP contribution in [0.4, 0.5) is 0 Å². The molecule has 0 radical (unpaired) electrons. The molecular formula is C8H17NO2. The van der Waals surface area contributed by atoms with Crippen molar-refractivity contribution < 1.29 is 9.90 Å². The first kappa shape index (κ1) is 10.4. The average molecular weight is 159 g/mol. The van der Waals surface area contributed by atoms with E-state index in [2.05, 4.69) is 6.92 Å². The Hall–Kier alpha value is -0.570. The van der Waals surface area contributed by atoms with Crippen molar-refractivity contribution in [3.05, 3.63) is 0 Å². The molecule has 0 fully saturated rings. The third kappa shape index (κ3) is 4.79. The second-order valence-electron chi connectivity index (χ2n) is 3.07. The van der Waals surface area contributed by atoms with Crippen LogP contribution in [0, 0.1) is 5.92 Å². The molecule has 0 heterocycles. The standard InChI is InChI=1S/C8H17NO2/c1-3-4-6(2)5-7(9)8(10)11/h6-7H,3-5,9H2,1-2H3,(H,10,11)/t6-,7+/m0/s1. The van der Waals surface area contributed by atoms with E-state index >= 15 is 0 Å². The zero-order valence-electron chi connectivity index (χ0n) is 7.21. The van der Waals surface area contributed by atoms with Crippen LogP contribution < -0.4 is 5.73 Å². The predicted molar refractivity (Wildman–Crippen MR) is 44.3 cm³/mol. The molecule has 0 aromatic rings. The minimum absolute atomic E-state index is 0.422. The topological polar surface area (TPSA) is 63.3 Å². The van der Waals surface area contributed by atoms with Gasteiger partial charge in [0, 0.05) is 0 Å². The minimum atomic E-state index is -0.895. The third-order valence-corrected chi connectivity index (χ3v) is 1.75. The van der Waals surface area contributed by atoms with Crippen molar-refractivity contribution in [3.63, 3.8) is 0 Å². The Balaban J connectivity index is 3.56. The van der Waals surface area contributed by atoms with Crippen LogP contribution in [0.5, 0.6) is 0 Å². The molecule has 2 atom stereocenters. The molecule has 0 bridgehead atoms. The summed E-state index contributed by atoms with van der Waals surface area (Å²) in [4.78, 5) is 10.3. The molecule has 3 nitrogen and oxygen atoms in total. The normalized spacial score (nSPS) is 15.9. The molecular weight excluding hydrogens is 142 g/mol. The Morgan fingerprint density at radius 3 is 2.55 bits per heavy atom. The minimum Gasteiger partial charge on any atom is -0.480 e. The first-order valence-corrected chi connectivity index (χ1v) is 4.06. The van der Waals surface area contributed by atoms with Gasteiger partial charge in [-0.2, -0.15) is 0 Å². The van der Waals surface area contributed by atoms with E-state index < -0.39 is 12.0 Å². The van der Waals surface area contributed by atoms with E-state index in [1.807, 2.05) is 6.92 Å². The molecule has 0 rings (SSSR count). The molecule has 0 saturated heterocycles. The maximum Gasteiger partial charge on any atom is 0.320 e. The summed E-state index contributed by atoms with van der Waals surface area (Å²) in [6.45, 7) is 4.12. The van der Waals surface area contributed by atoms with Crippen molar-refractivity contribution in [1.29, 1.82) is 0 Å². The van der Waals surface area contributed by atoms with Crippen LogP contribution in [0.2, 0.25) is 0 Å². The van der Waals surface area contributed by atoms with Gasteiger partial charge in [0.2, 0.25) is 0 Å². The summed E-state index contributed by atoms with van der Waals surface area (Å²) in [6, 6.07) is -0.684. The molecule has 0 aliphatic carbocycles. The molecule has 0 aromatic heterocycles. The Bertz CT molecular complexity index is 125. The second kappa shape index (κ2) is 5.13. The number of aliphatic carboxylic acids is 1. The summed E-state index contributed by atoms with van der Waals surface area (Å²) in [5, 5.41) is 8.47. The lowest BCUT2D eigenvalue weighted by molar-refractivity contribution is -0.138. The highest BCUT2D eigenvalue weighted by atomic mass is 16.4. The monoisotopic (exact) mass is 159 g/mol. The lowest BCUT2D eigenvalue weighted by atomic mass is 9.98. The average Bonchev–Trinajstić information content (AvgIpc) is 1.87. The van der Waals surface area contributed by atoms with Gasteiger partial charge in [-0.15, -0.1) is 0 Å². The van der Waals surface area contributed by atoms with E-state index in [1.54, 1.807) is 0 Å². The van der Waals surface area contributed by atoms with Crippen molar-refractivity contribution >= 4 is 5.97 Å². The third-order valence-electron chi connectivity index (χ3n) is 1.75. The predicted octanol–water partition coefficient (Wildman–Crippen LogP) is 1.22. The highest BCUT2D eigenvalue weighted by Gasteiger charge is 2.14. The fourth-order valence-electron chi connectivity index (χ4n) is 1.14. The molecule has 0 aliphatic heterocycles. The Morgan fingerprint density at radius 1 is 1.64 bits per heavy atom. The molecule has 66 valence electrons. The summed E-state index contributed by atoms with van der Waals surface area (Å²) >= 11 is 0. The Morgan fingerprint density at radius 2 is 2.18 bits per heavy atom. The van der Waals surface area contributed by atoms with E-state index in [0.29, 0.717) is 12.3 Å². The SMILES string of the molecule is CCC[C@H](C)C[C@@H](N)C(=O)O. The van der Waals surface area contributed by atoms with Crippen LogP contribution in [0.25, 0.3) is 0 Å². The smallest absolute Gasteiger partial charge is 0.320 e. The first-order chi connectivity index (χ1) is 5.07.